The van der Waals surface area contributed by atoms with Crippen molar-refractivity contribution in [2.75, 3.05) is 0 Å². The van der Waals surface area contributed by atoms with Crippen LogP contribution in [-0.2, 0) is 9.22 Å². The minimum absolute atomic E-state index is 0.181. The van der Waals surface area contributed by atoms with Gasteiger partial charge in [0.05, 0.1) is 5.57 Å². The summed E-state index contributed by atoms with van der Waals surface area (Å²) in [5.41, 5.74) is -3.19. The Hall–Kier alpha value is -2.38. The van der Waals surface area contributed by atoms with E-state index in [0.717, 1.165) is 6.08 Å². The van der Waals surface area contributed by atoms with Gasteiger partial charge in [-0.1, -0.05) is 48.5 Å². The third-order valence-corrected chi connectivity index (χ3v) is 6.70. The van der Waals surface area contributed by atoms with Gasteiger partial charge in [-0.05, 0) is 36.5 Å². The molecule has 0 heterocycles. The van der Waals surface area contributed by atoms with Crippen LogP contribution in [0.5, 0.6) is 5.75 Å². The molecule has 0 amide bonds. The fraction of sp³-hybridized carbons (Fsp3) is 0.211. The summed E-state index contributed by atoms with van der Waals surface area (Å²) in [6.45, 7) is 3.34. The Morgan fingerprint density at radius 2 is 1.50 bits per heavy atom. The average molecular weight is 378 g/mol. The van der Waals surface area contributed by atoms with Crippen molar-refractivity contribution in [3.05, 3.63) is 72.3 Å². The molecule has 3 rings (SSSR count). The number of para-hydroxylation sites is 1. The van der Waals surface area contributed by atoms with Crippen LogP contribution >= 0.6 is 0 Å². The predicted molar refractivity (Wildman–Crippen MR) is 93.6 cm³/mol. The quantitative estimate of drug-likeness (QED) is 0.449. The van der Waals surface area contributed by atoms with Crippen molar-refractivity contribution in [3.8, 4) is 5.75 Å². The largest absolute Gasteiger partial charge is 0.424 e. The topological polar surface area (TPSA) is 35.5 Å². The van der Waals surface area contributed by atoms with Gasteiger partial charge >= 0.3 is 12.1 Å². The molecule has 2 aromatic rings. The van der Waals surface area contributed by atoms with Crippen molar-refractivity contribution in [3.63, 3.8) is 0 Å². The van der Waals surface area contributed by atoms with E-state index < -0.39 is 31.6 Å². The molecule has 3 nitrogen and oxygen atoms in total. The van der Waals surface area contributed by atoms with Gasteiger partial charge in [-0.2, -0.15) is 13.2 Å². The highest BCUT2D eigenvalue weighted by atomic mass is 28.4. The van der Waals surface area contributed by atoms with Crippen LogP contribution in [0.15, 0.2) is 72.3 Å². The van der Waals surface area contributed by atoms with Crippen LogP contribution < -0.4 is 9.92 Å². The van der Waals surface area contributed by atoms with Gasteiger partial charge in [-0.15, -0.1) is 0 Å². The number of rotatable bonds is 5. The average Bonchev–Trinajstić information content (AvgIpc) is 3.32. The molecule has 0 fully saturated rings. The van der Waals surface area contributed by atoms with Gasteiger partial charge in [0.2, 0.25) is 13.9 Å². The normalized spacial score (nSPS) is 19.7. The number of esters is 1. The Balaban J connectivity index is 1.81. The van der Waals surface area contributed by atoms with E-state index in [1.165, 1.54) is 12.1 Å². The van der Waals surface area contributed by atoms with Crippen molar-refractivity contribution >= 4 is 19.5 Å². The van der Waals surface area contributed by atoms with Crippen LogP contribution in [0.25, 0.3) is 0 Å². The summed E-state index contributed by atoms with van der Waals surface area (Å²) in [7, 11) is -2.92. The summed E-state index contributed by atoms with van der Waals surface area (Å²) in [5, 5.41) is 0.708. The highest BCUT2D eigenvalue weighted by Gasteiger charge is 2.70. The predicted octanol–water partition coefficient (Wildman–Crippen LogP) is 3.96. The fourth-order valence-corrected chi connectivity index (χ4v) is 4.91. The number of carbonyl (C=O) groups excluding carboxylic acids is 1. The molecule has 0 saturated heterocycles. The second-order valence-corrected chi connectivity index (χ2v) is 10.3. The van der Waals surface area contributed by atoms with E-state index in [0.29, 0.717) is 5.19 Å². The van der Waals surface area contributed by atoms with Gasteiger partial charge in [0.25, 0.3) is 0 Å². The monoisotopic (exact) mass is 378 g/mol. The van der Waals surface area contributed by atoms with E-state index >= 15 is 0 Å². The first-order valence-corrected chi connectivity index (χ1v) is 10.9. The first-order valence-electron chi connectivity index (χ1n) is 7.99. The third-order valence-electron chi connectivity index (χ3n) is 4.14. The lowest BCUT2D eigenvalue weighted by atomic mass is 10.2. The molecule has 0 N–H and O–H groups in total. The molecule has 1 aliphatic rings. The van der Waals surface area contributed by atoms with Crippen LogP contribution in [0.1, 0.15) is 0 Å². The number of ether oxygens (including phenoxy) is 1. The van der Waals surface area contributed by atoms with Gasteiger partial charge in [-0.3, -0.25) is 0 Å². The van der Waals surface area contributed by atoms with E-state index in [9.17, 15) is 18.0 Å². The minimum Gasteiger partial charge on any atom is -0.423 e. The Morgan fingerprint density at radius 1 is 0.962 bits per heavy atom. The standard InChI is InChI=1S/C19H17F3O3Si/c1-26(2,15-11-7-4-8-12-15)25-18(19(20,21)22)13-16(18)17(23)24-14-9-5-3-6-10-14/h3-13H,1-2H3. The first-order chi connectivity index (χ1) is 12.2. The van der Waals surface area contributed by atoms with Crippen LogP contribution in [0.4, 0.5) is 13.2 Å². The second-order valence-electron chi connectivity index (χ2n) is 6.47. The molecule has 0 saturated carbocycles. The summed E-state index contributed by atoms with van der Waals surface area (Å²) in [6, 6.07) is 16.7. The van der Waals surface area contributed by atoms with Crippen molar-refractivity contribution in [2.24, 2.45) is 0 Å². The Bertz CT molecular complexity index is 832. The van der Waals surface area contributed by atoms with Gasteiger partial charge in [0.1, 0.15) is 5.75 Å². The zero-order valence-corrected chi connectivity index (χ0v) is 15.2. The van der Waals surface area contributed by atoms with Crippen molar-refractivity contribution in [2.45, 2.75) is 24.9 Å². The summed E-state index contributed by atoms with van der Waals surface area (Å²) < 4.78 is 51.8. The van der Waals surface area contributed by atoms with Crippen molar-refractivity contribution < 1.29 is 27.1 Å². The van der Waals surface area contributed by atoms with Crippen LogP contribution in [0.3, 0.4) is 0 Å². The molecule has 0 bridgehead atoms. The number of benzene rings is 2. The summed E-state index contributed by atoms with van der Waals surface area (Å²) in [4.78, 5) is 12.2. The number of hydrogen-bond acceptors (Lipinski definition) is 3. The maximum Gasteiger partial charge on any atom is 0.424 e. The summed E-state index contributed by atoms with van der Waals surface area (Å²) in [5.74, 6) is -0.868. The first kappa shape index (κ1) is 18.4. The molecule has 1 atom stereocenters. The van der Waals surface area contributed by atoms with Gasteiger partial charge in [-0.25, -0.2) is 4.79 Å². The molecule has 7 heteroatoms. The van der Waals surface area contributed by atoms with Gasteiger partial charge < -0.3 is 9.16 Å². The van der Waals surface area contributed by atoms with Crippen molar-refractivity contribution in [1.82, 2.24) is 0 Å². The third kappa shape index (κ3) is 3.45. The lowest BCUT2D eigenvalue weighted by molar-refractivity contribution is -0.204. The van der Waals surface area contributed by atoms with Crippen LogP contribution in [0, 0.1) is 0 Å². The van der Waals surface area contributed by atoms with E-state index in [1.54, 1.807) is 61.6 Å². The lowest BCUT2D eigenvalue weighted by Gasteiger charge is -2.32. The molecule has 2 aromatic carbocycles. The van der Waals surface area contributed by atoms with E-state index in [1.807, 2.05) is 0 Å². The minimum atomic E-state index is -4.74. The van der Waals surface area contributed by atoms with Crippen LogP contribution in [0.2, 0.25) is 13.1 Å². The molecular formula is C19H17F3O3Si. The fourth-order valence-electron chi connectivity index (χ4n) is 2.71. The molecular weight excluding hydrogens is 361 g/mol. The molecule has 1 unspecified atom stereocenters. The molecule has 1 aliphatic carbocycles. The highest BCUT2D eigenvalue weighted by molar-refractivity contribution is 6.84. The number of hydrogen-bond donors (Lipinski definition) is 0. The van der Waals surface area contributed by atoms with E-state index in [4.69, 9.17) is 9.16 Å². The number of carbonyl (C=O) groups is 1. The molecule has 0 radical (unpaired) electrons. The second kappa shape index (κ2) is 6.41. The number of halogens is 3. The zero-order chi connectivity index (χ0) is 19.0. The molecule has 0 aliphatic heterocycles. The Kier molecular flexibility index (Phi) is 4.54. The summed E-state index contributed by atoms with van der Waals surface area (Å²) >= 11 is 0. The molecule has 136 valence electrons. The molecule has 26 heavy (non-hydrogen) atoms. The lowest BCUT2D eigenvalue weighted by Crippen LogP contribution is -2.54. The SMILES string of the molecule is C[Si](C)(OC1(C(F)(F)F)C=C1C(=O)Oc1ccccc1)c1ccccc1. The summed E-state index contributed by atoms with van der Waals surface area (Å²) in [6.07, 6.45) is -3.94. The van der Waals surface area contributed by atoms with E-state index in [-0.39, 0.29) is 5.75 Å². The van der Waals surface area contributed by atoms with Gasteiger partial charge in [0, 0.05) is 0 Å². The maximum absolute atomic E-state index is 13.7. The Morgan fingerprint density at radius 3 is 2.04 bits per heavy atom. The maximum atomic E-state index is 13.7. The highest BCUT2D eigenvalue weighted by Crippen LogP contribution is 2.52. The van der Waals surface area contributed by atoms with Crippen molar-refractivity contribution in [1.29, 1.82) is 0 Å². The molecule has 0 aromatic heterocycles. The zero-order valence-electron chi connectivity index (χ0n) is 14.2. The van der Waals surface area contributed by atoms with Gasteiger partial charge in [0.15, 0.2) is 0 Å². The Labute approximate surface area is 150 Å². The molecule has 0 spiro atoms. The number of alkyl halides is 3. The van der Waals surface area contributed by atoms with E-state index in [2.05, 4.69) is 0 Å². The van der Waals surface area contributed by atoms with Crippen LogP contribution in [-0.4, -0.2) is 26.1 Å². The smallest absolute Gasteiger partial charge is 0.423 e.